The Bertz CT molecular complexity index is 742. The molecular formula is C16H18N2O2. The highest BCUT2D eigenvalue weighted by Crippen LogP contribution is 2.17. The molecule has 0 spiro atoms. The molecule has 0 N–H and O–H groups in total. The summed E-state index contributed by atoms with van der Waals surface area (Å²) in [7, 11) is 0. The summed E-state index contributed by atoms with van der Waals surface area (Å²) in [5.74, 6) is -0.0299. The standard InChI is InChI=1S/C16H18N2O2/c1-3-18-14(16(20)17-7-4-8-17)10-12-6-5-11(2)9-13(12)15(18)19/h5-6,9-10H,3-4,7-8H2,1-2H3. The normalized spacial score (nSPS) is 14.4. The molecule has 0 atom stereocenters. The quantitative estimate of drug-likeness (QED) is 0.839. The zero-order valence-electron chi connectivity index (χ0n) is 11.8. The fourth-order valence-corrected chi connectivity index (χ4v) is 2.63. The van der Waals surface area contributed by atoms with E-state index in [1.165, 1.54) is 0 Å². The number of rotatable bonds is 2. The third kappa shape index (κ3) is 1.92. The second kappa shape index (κ2) is 4.78. The van der Waals surface area contributed by atoms with Crippen molar-refractivity contribution in [3.05, 3.63) is 45.9 Å². The molecular weight excluding hydrogens is 252 g/mol. The summed E-state index contributed by atoms with van der Waals surface area (Å²) in [6.45, 7) is 5.97. The highest BCUT2D eigenvalue weighted by atomic mass is 16.2. The van der Waals surface area contributed by atoms with Gasteiger partial charge in [-0.05, 0) is 37.8 Å². The van der Waals surface area contributed by atoms with Crippen LogP contribution in [-0.2, 0) is 6.54 Å². The number of aromatic nitrogens is 1. The summed E-state index contributed by atoms with van der Waals surface area (Å²) in [6, 6.07) is 7.62. The summed E-state index contributed by atoms with van der Waals surface area (Å²) in [4.78, 5) is 26.8. The lowest BCUT2D eigenvalue weighted by molar-refractivity contribution is 0.0639. The molecule has 1 aliphatic rings. The number of fused-ring (bicyclic) bond motifs is 1. The zero-order valence-corrected chi connectivity index (χ0v) is 11.8. The van der Waals surface area contributed by atoms with Crippen molar-refractivity contribution in [1.29, 1.82) is 0 Å². The average Bonchev–Trinajstić information content (AvgIpc) is 2.37. The fourth-order valence-electron chi connectivity index (χ4n) is 2.63. The second-order valence-electron chi connectivity index (χ2n) is 5.32. The van der Waals surface area contributed by atoms with Crippen LogP contribution in [0.4, 0.5) is 0 Å². The molecule has 1 aliphatic heterocycles. The lowest BCUT2D eigenvalue weighted by Gasteiger charge is -2.31. The summed E-state index contributed by atoms with van der Waals surface area (Å²) in [5, 5.41) is 1.53. The predicted octanol–water partition coefficient (Wildman–Crippen LogP) is 2.18. The van der Waals surface area contributed by atoms with Gasteiger partial charge in [-0.2, -0.15) is 0 Å². The summed E-state index contributed by atoms with van der Waals surface area (Å²) in [5.41, 5.74) is 1.49. The monoisotopic (exact) mass is 270 g/mol. The highest BCUT2D eigenvalue weighted by Gasteiger charge is 2.24. The predicted molar refractivity (Wildman–Crippen MR) is 79.1 cm³/mol. The van der Waals surface area contributed by atoms with Crippen LogP contribution in [0.15, 0.2) is 29.1 Å². The average molecular weight is 270 g/mol. The maximum atomic E-state index is 12.6. The minimum absolute atomic E-state index is 0.0299. The van der Waals surface area contributed by atoms with Crippen LogP contribution in [0.5, 0.6) is 0 Å². The number of pyridine rings is 1. The SMILES string of the molecule is CCn1c(C(=O)N2CCC2)cc2ccc(C)cc2c1=O. The number of hydrogen-bond donors (Lipinski definition) is 0. The van der Waals surface area contributed by atoms with Crippen LogP contribution in [0, 0.1) is 6.92 Å². The van der Waals surface area contributed by atoms with Gasteiger partial charge in [-0.25, -0.2) is 0 Å². The molecule has 1 aromatic heterocycles. The van der Waals surface area contributed by atoms with Crippen LogP contribution in [0.3, 0.4) is 0 Å². The van der Waals surface area contributed by atoms with Crippen molar-refractivity contribution in [2.45, 2.75) is 26.8 Å². The van der Waals surface area contributed by atoms with Crippen LogP contribution < -0.4 is 5.56 Å². The molecule has 0 radical (unpaired) electrons. The molecule has 4 heteroatoms. The van der Waals surface area contributed by atoms with E-state index < -0.39 is 0 Å². The molecule has 0 bridgehead atoms. The third-order valence-corrected chi connectivity index (χ3v) is 3.95. The maximum Gasteiger partial charge on any atom is 0.270 e. The number of carbonyl (C=O) groups excluding carboxylic acids is 1. The van der Waals surface area contributed by atoms with Gasteiger partial charge in [0.1, 0.15) is 5.69 Å². The van der Waals surface area contributed by atoms with Gasteiger partial charge in [0.2, 0.25) is 0 Å². The summed E-state index contributed by atoms with van der Waals surface area (Å²) < 4.78 is 1.59. The van der Waals surface area contributed by atoms with Crippen LogP contribution >= 0.6 is 0 Å². The van der Waals surface area contributed by atoms with Gasteiger partial charge in [0, 0.05) is 25.0 Å². The van der Waals surface area contributed by atoms with Gasteiger partial charge in [0.05, 0.1) is 0 Å². The number of amides is 1. The molecule has 1 saturated heterocycles. The zero-order chi connectivity index (χ0) is 14.3. The Balaban J connectivity index is 2.23. The Labute approximate surface area is 117 Å². The number of aryl methyl sites for hydroxylation is 1. The number of benzene rings is 1. The van der Waals surface area contributed by atoms with Crippen molar-refractivity contribution in [3.8, 4) is 0 Å². The largest absolute Gasteiger partial charge is 0.337 e. The molecule has 20 heavy (non-hydrogen) atoms. The van der Waals surface area contributed by atoms with Crippen molar-refractivity contribution in [2.24, 2.45) is 0 Å². The van der Waals surface area contributed by atoms with Gasteiger partial charge in [-0.3, -0.25) is 9.59 Å². The summed E-state index contributed by atoms with van der Waals surface area (Å²) in [6.07, 6.45) is 1.05. The van der Waals surface area contributed by atoms with E-state index in [1.54, 1.807) is 9.47 Å². The van der Waals surface area contributed by atoms with Crippen molar-refractivity contribution in [3.63, 3.8) is 0 Å². The molecule has 0 unspecified atom stereocenters. The molecule has 1 aromatic carbocycles. The van der Waals surface area contributed by atoms with Gasteiger partial charge in [0.15, 0.2) is 0 Å². The Morgan fingerprint density at radius 3 is 2.60 bits per heavy atom. The molecule has 0 saturated carbocycles. The van der Waals surface area contributed by atoms with Gasteiger partial charge in [-0.1, -0.05) is 17.7 Å². The van der Waals surface area contributed by atoms with E-state index >= 15 is 0 Å². The first-order valence-corrected chi connectivity index (χ1v) is 7.05. The van der Waals surface area contributed by atoms with E-state index in [-0.39, 0.29) is 11.5 Å². The Morgan fingerprint density at radius 2 is 2.00 bits per heavy atom. The van der Waals surface area contributed by atoms with Crippen molar-refractivity contribution < 1.29 is 4.79 Å². The van der Waals surface area contributed by atoms with Gasteiger partial charge in [0.25, 0.3) is 11.5 Å². The smallest absolute Gasteiger partial charge is 0.270 e. The first-order valence-electron chi connectivity index (χ1n) is 7.05. The molecule has 0 aliphatic carbocycles. The second-order valence-corrected chi connectivity index (χ2v) is 5.32. The first kappa shape index (κ1) is 12.9. The Hall–Kier alpha value is -2.10. The summed E-state index contributed by atoms with van der Waals surface area (Å²) >= 11 is 0. The minimum Gasteiger partial charge on any atom is -0.337 e. The highest BCUT2D eigenvalue weighted by molar-refractivity contribution is 5.97. The fraction of sp³-hybridized carbons (Fsp3) is 0.375. The van der Waals surface area contributed by atoms with Crippen LogP contribution in [0.1, 0.15) is 29.4 Å². The van der Waals surface area contributed by atoms with Gasteiger partial charge < -0.3 is 9.47 Å². The Morgan fingerprint density at radius 1 is 1.25 bits per heavy atom. The maximum absolute atomic E-state index is 12.6. The van der Waals surface area contributed by atoms with E-state index in [0.717, 1.165) is 30.5 Å². The molecule has 104 valence electrons. The third-order valence-electron chi connectivity index (χ3n) is 3.95. The van der Waals surface area contributed by atoms with E-state index in [0.29, 0.717) is 17.6 Å². The number of carbonyl (C=O) groups is 1. The lowest BCUT2D eigenvalue weighted by atomic mass is 10.1. The molecule has 1 amide bonds. The molecule has 1 fully saturated rings. The van der Waals surface area contributed by atoms with Crippen molar-refractivity contribution in [1.82, 2.24) is 9.47 Å². The van der Waals surface area contributed by atoms with Crippen LogP contribution in [-0.4, -0.2) is 28.5 Å². The number of likely N-dealkylation sites (tertiary alicyclic amines) is 1. The van der Waals surface area contributed by atoms with Crippen LogP contribution in [0.2, 0.25) is 0 Å². The molecule has 3 rings (SSSR count). The van der Waals surface area contributed by atoms with Crippen molar-refractivity contribution in [2.75, 3.05) is 13.1 Å². The minimum atomic E-state index is -0.0717. The van der Waals surface area contributed by atoms with E-state index in [2.05, 4.69) is 0 Å². The Kier molecular flexibility index (Phi) is 3.08. The van der Waals surface area contributed by atoms with E-state index in [4.69, 9.17) is 0 Å². The number of hydrogen-bond acceptors (Lipinski definition) is 2. The van der Waals surface area contributed by atoms with E-state index in [1.807, 2.05) is 38.1 Å². The van der Waals surface area contributed by atoms with Crippen LogP contribution in [0.25, 0.3) is 10.8 Å². The molecule has 2 heterocycles. The van der Waals surface area contributed by atoms with Crippen molar-refractivity contribution >= 4 is 16.7 Å². The molecule has 4 nitrogen and oxygen atoms in total. The number of nitrogens with zero attached hydrogens (tertiary/aromatic N) is 2. The topological polar surface area (TPSA) is 42.3 Å². The molecule has 2 aromatic rings. The van der Waals surface area contributed by atoms with Gasteiger partial charge in [-0.15, -0.1) is 0 Å². The first-order chi connectivity index (χ1) is 9.61. The van der Waals surface area contributed by atoms with Gasteiger partial charge >= 0.3 is 0 Å². The van der Waals surface area contributed by atoms with E-state index in [9.17, 15) is 9.59 Å². The lowest BCUT2D eigenvalue weighted by Crippen LogP contribution is -2.44.